The van der Waals surface area contributed by atoms with Crippen molar-refractivity contribution >= 4 is 47.8 Å². The van der Waals surface area contributed by atoms with Gasteiger partial charge in [-0.1, -0.05) is 159 Å². The average Bonchev–Trinajstić information content (AvgIpc) is 3.93. The SMILES string of the molecule is CCC(=O)OC(=O)CCC(c1ccccc1)C1C(=O)OC(=O)C1CC(c1ccccc1)C1C(=O)OC(=O)C1CC(CC(c1ccccc1)C1C(=O)OC(=O)C1CCc1ccccc1)c1ccccc1. The minimum atomic E-state index is -1.12. The van der Waals surface area contributed by atoms with Crippen molar-refractivity contribution < 1.29 is 57.3 Å². The summed E-state index contributed by atoms with van der Waals surface area (Å²) in [7, 11) is 0. The Kier molecular flexibility index (Phi) is 15.5. The highest BCUT2D eigenvalue weighted by atomic mass is 16.6. The van der Waals surface area contributed by atoms with E-state index in [0.29, 0.717) is 30.4 Å². The zero-order chi connectivity index (χ0) is 48.4. The molecule has 5 aromatic rings. The van der Waals surface area contributed by atoms with Crippen LogP contribution in [-0.2, 0) is 63.7 Å². The van der Waals surface area contributed by atoms with Crippen LogP contribution in [0.25, 0.3) is 0 Å². The molecule has 354 valence electrons. The van der Waals surface area contributed by atoms with Gasteiger partial charge in [0.2, 0.25) is 0 Å². The molecule has 0 amide bonds. The van der Waals surface area contributed by atoms with Gasteiger partial charge in [0.1, 0.15) is 0 Å². The van der Waals surface area contributed by atoms with Gasteiger partial charge < -0.3 is 18.9 Å². The summed E-state index contributed by atoms with van der Waals surface area (Å²) in [5.74, 6) is -14.2. The molecule has 3 heterocycles. The van der Waals surface area contributed by atoms with Gasteiger partial charge >= 0.3 is 47.8 Å². The normalized spacial score (nSPS) is 22.9. The van der Waals surface area contributed by atoms with Crippen LogP contribution in [0.1, 0.15) is 103 Å². The zero-order valence-electron chi connectivity index (χ0n) is 38.3. The van der Waals surface area contributed by atoms with Gasteiger partial charge in [0.05, 0.1) is 35.5 Å². The molecule has 0 N–H and O–H groups in total. The van der Waals surface area contributed by atoms with E-state index in [4.69, 9.17) is 18.9 Å². The molecule has 8 rings (SSSR count). The summed E-state index contributed by atoms with van der Waals surface area (Å²) in [6.45, 7) is 1.57. The lowest BCUT2D eigenvalue weighted by Crippen LogP contribution is -2.33. The Morgan fingerprint density at radius 3 is 1.38 bits per heavy atom. The standard InChI is InChI=1S/C57H54O12/c1-2-47(58)66-48(59)31-30-41(37-22-12-5-13-23-37)49-46(54(62)69-55(49)63)34-44(39-26-16-7-17-27-39)51-45(53(61)68-57(51)65)33-40(36-20-10-4-11-21-36)32-43(38-24-14-6-15-25-38)50-42(52(60)67-56(50)64)29-28-35-18-8-3-9-19-35/h3-27,40-46,49-51H,2,28-34H2,1H3. The third-order valence-electron chi connectivity index (χ3n) is 14.2. The van der Waals surface area contributed by atoms with Gasteiger partial charge in [-0.3, -0.25) is 38.4 Å². The Morgan fingerprint density at radius 1 is 0.464 bits per heavy atom. The number of hydrogen-bond donors (Lipinski definition) is 0. The van der Waals surface area contributed by atoms with Crippen LogP contribution in [0.3, 0.4) is 0 Å². The van der Waals surface area contributed by atoms with Gasteiger partial charge in [-0.2, -0.15) is 0 Å². The topological polar surface area (TPSA) is 173 Å². The Hall–Kier alpha value is -7.34. The lowest BCUT2D eigenvalue weighted by Gasteiger charge is -2.33. The van der Waals surface area contributed by atoms with Gasteiger partial charge in [-0.25, -0.2) is 0 Å². The number of carbonyl (C=O) groups is 8. The van der Waals surface area contributed by atoms with Gasteiger partial charge in [0.25, 0.3) is 0 Å². The Morgan fingerprint density at radius 2 is 0.870 bits per heavy atom. The summed E-state index contributed by atoms with van der Waals surface area (Å²) in [6, 6.07) is 46.6. The molecule has 3 aliphatic heterocycles. The van der Waals surface area contributed by atoms with Gasteiger partial charge in [0, 0.05) is 12.8 Å². The largest absolute Gasteiger partial charge is 0.393 e. The minimum absolute atomic E-state index is 0.00112. The zero-order valence-corrected chi connectivity index (χ0v) is 38.3. The molecule has 3 saturated heterocycles. The molecule has 0 bridgehead atoms. The highest BCUT2D eigenvalue weighted by molar-refractivity contribution is 5.99. The van der Waals surface area contributed by atoms with E-state index in [2.05, 4.69) is 0 Å². The summed E-state index contributed by atoms with van der Waals surface area (Å²) >= 11 is 0. The second-order valence-corrected chi connectivity index (χ2v) is 18.2. The lowest BCUT2D eigenvalue weighted by molar-refractivity contribution is -0.160. The highest BCUT2D eigenvalue weighted by Gasteiger charge is 2.55. The summed E-state index contributed by atoms with van der Waals surface area (Å²) in [5.41, 5.74) is 3.97. The third-order valence-corrected chi connectivity index (χ3v) is 14.2. The first-order valence-corrected chi connectivity index (χ1v) is 23.7. The van der Waals surface area contributed by atoms with Crippen molar-refractivity contribution in [3.8, 4) is 0 Å². The first-order chi connectivity index (χ1) is 33.5. The van der Waals surface area contributed by atoms with Crippen molar-refractivity contribution in [1.82, 2.24) is 0 Å². The van der Waals surface area contributed by atoms with Crippen LogP contribution in [0.2, 0.25) is 0 Å². The molecule has 5 aromatic carbocycles. The maximum atomic E-state index is 14.3. The molecule has 10 unspecified atom stereocenters. The maximum Gasteiger partial charge on any atom is 0.318 e. The average molecular weight is 931 g/mol. The number of benzene rings is 5. The fraction of sp³-hybridized carbons (Fsp3) is 0.333. The molecule has 12 nitrogen and oxygen atoms in total. The van der Waals surface area contributed by atoms with E-state index in [0.717, 1.165) is 16.7 Å². The van der Waals surface area contributed by atoms with Crippen LogP contribution < -0.4 is 0 Å². The van der Waals surface area contributed by atoms with Gasteiger partial charge in [-0.05, 0) is 90.0 Å². The molecule has 3 aliphatic rings. The monoisotopic (exact) mass is 930 g/mol. The number of rotatable bonds is 20. The molecular weight excluding hydrogens is 877 g/mol. The fourth-order valence-corrected chi connectivity index (χ4v) is 10.9. The van der Waals surface area contributed by atoms with E-state index < -0.39 is 107 Å². The summed E-state index contributed by atoms with van der Waals surface area (Å²) in [4.78, 5) is 109. The van der Waals surface area contributed by atoms with Crippen LogP contribution >= 0.6 is 0 Å². The van der Waals surface area contributed by atoms with Gasteiger partial charge in [0.15, 0.2) is 0 Å². The molecule has 0 aromatic heterocycles. The Bertz CT molecular complexity index is 2640. The minimum Gasteiger partial charge on any atom is -0.393 e. The number of carbonyl (C=O) groups excluding carboxylic acids is 8. The Labute approximate surface area is 400 Å². The van der Waals surface area contributed by atoms with Crippen LogP contribution in [0, 0.1) is 35.5 Å². The summed E-state index contributed by atoms with van der Waals surface area (Å²) in [6.07, 6.45) is 1.04. The van der Waals surface area contributed by atoms with E-state index in [1.54, 1.807) is 55.5 Å². The van der Waals surface area contributed by atoms with E-state index >= 15 is 0 Å². The van der Waals surface area contributed by atoms with Crippen molar-refractivity contribution in [2.75, 3.05) is 0 Å². The first kappa shape index (κ1) is 48.1. The number of aryl methyl sites for hydroxylation is 1. The second-order valence-electron chi connectivity index (χ2n) is 18.2. The summed E-state index contributed by atoms with van der Waals surface area (Å²) < 4.78 is 21.3. The quantitative estimate of drug-likeness (QED) is 0.0412. The van der Waals surface area contributed by atoms with E-state index in [1.807, 2.05) is 103 Å². The van der Waals surface area contributed by atoms with E-state index in [-0.39, 0.29) is 32.1 Å². The third kappa shape index (κ3) is 11.2. The first-order valence-electron chi connectivity index (χ1n) is 23.7. The molecule has 3 fully saturated rings. The molecule has 10 atom stereocenters. The molecule has 0 saturated carbocycles. The van der Waals surface area contributed by atoms with Crippen molar-refractivity contribution in [1.29, 1.82) is 0 Å². The molecule has 0 radical (unpaired) electrons. The van der Waals surface area contributed by atoms with Crippen molar-refractivity contribution in [2.24, 2.45) is 35.5 Å². The molecule has 12 heteroatoms. The fourth-order valence-electron chi connectivity index (χ4n) is 10.9. The van der Waals surface area contributed by atoms with Crippen LogP contribution in [0.5, 0.6) is 0 Å². The predicted octanol–water partition coefficient (Wildman–Crippen LogP) is 9.13. The number of ether oxygens (including phenoxy) is 4. The number of cyclic esters (lactones) is 6. The van der Waals surface area contributed by atoms with Crippen LogP contribution in [-0.4, -0.2) is 47.8 Å². The molecule has 69 heavy (non-hydrogen) atoms. The Balaban J connectivity index is 1.14. The van der Waals surface area contributed by atoms with Crippen LogP contribution in [0.15, 0.2) is 152 Å². The van der Waals surface area contributed by atoms with Crippen molar-refractivity contribution in [3.63, 3.8) is 0 Å². The highest BCUT2D eigenvalue weighted by Crippen LogP contribution is 2.51. The molecule has 0 spiro atoms. The van der Waals surface area contributed by atoms with E-state index in [1.165, 1.54) is 0 Å². The van der Waals surface area contributed by atoms with Crippen LogP contribution in [0.4, 0.5) is 0 Å². The van der Waals surface area contributed by atoms with E-state index in [9.17, 15) is 38.4 Å². The number of esters is 8. The molecular formula is C57H54O12. The lowest BCUT2D eigenvalue weighted by atomic mass is 9.67. The predicted molar refractivity (Wildman–Crippen MR) is 250 cm³/mol. The second kappa shape index (κ2) is 22.2. The number of hydrogen-bond acceptors (Lipinski definition) is 12. The van der Waals surface area contributed by atoms with Gasteiger partial charge in [-0.15, -0.1) is 0 Å². The molecule has 0 aliphatic carbocycles. The maximum absolute atomic E-state index is 14.3. The van der Waals surface area contributed by atoms with Crippen molar-refractivity contribution in [3.05, 3.63) is 179 Å². The smallest absolute Gasteiger partial charge is 0.318 e. The summed E-state index contributed by atoms with van der Waals surface area (Å²) in [5, 5.41) is 0. The van der Waals surface area contributed by atoms with Crippen molar-refractivity contribution in [2.45, 2.75) is 82.0 Å².